The summed E-state index contributed by atoms with van der Waals surface area (Å²) in [4.78, 5) is 4.38. The minimum atomic E-state index is 0.121. The van der Waals surface area contributed by atoms with Gasteiger partial charge in [-0.1, -0.05) is 27.5 Å². The van der Waals surface area contributed by atoms with Crippen LogP contribution in [0.4, 0.5) is 0 Å². The van der Waals surface area contributed by atoms with E-state index in [1.54, 1.807) is 13.3 Å². The molecule has 0 aliphatic heterocycles. The summed E-state index contributed by atoms with van der Waals surface area (Å²) in [5.74, 6) is 0.849. The van der Waals surface area contributed by atoms with Crippen molar-refractivity contribution in [2.24, 2.45) is 0 Å². The van der Waals surface area contributed by atoms with Gasteiger partial charge in [0.25, 0.3) is 0 Å². The molecule has 5 heteroatoms. The van der Waals surface area contributed by atoms with Gasteiger partial charge in [-0.05, 0) is 49.4 Å². The summed E-state index contributed by atoms with van der Waals surface area (Å²) in [6, 6.07) is 9.88. The van der Waals surface area contributed by atoms with Gasteiger partial charge in [0.15, 0.2) is 0 Å². The van der Waals surface area contributed by atoms with Gasteiger partial charge in [0.05, 0.1) is 23.9 Å². The fourth-order valence-corrected chi connectivity index (χ4v) is 2.52. The van der Waals surface area contributed by atoms with E-state index in [-0.39, 0.29) is 6.04 Å². The van der Waals surface area contributed by atoms with Crippen LogP contribution in [0.15, 0.2) is 41.0 Å². The lowest BCUT2D eigenvalue weighted by atomic mass is 10.0. The second kappa shape index (κ2) is 7.07. The number of hydrogen-bond donors (Lipinski definition) is 1. The molecule has 0 aliphatic rings. The minimum absolute atomic E-state index is 0.121. The molecule has 0 saturated heterocycles. The van der Waals surface area contributed by atoms with E-state index in [4.69, 9.17) is 16.3 Å². The maximum absolute atomic E-state index is 5.88. The van der Waals surface area contributed by atoms with Crippen molar-refractivity contribution >= 4 is 27.5 Å². The molecule has 106 valence electrons. The van der Waals surface area contributed by atoms with Crippen molar-refractivity contribution in [2.45, 2.75) is 12.5 Å². The Balaban J connectivity index is 2.23. The Kier molecular flexibility index (Phi) is 5.40. The van der Waals surface area contributed by atoms with Crippen LogP contribution in [0.25, 0.3) is 0 Å². The summed E-state index contributed by atoms with van der Waals surface area (Å²) in [7, 11) is 3.60. The first kappa shape index (κ1) is 15.3. The van der Waals surface area contributed by atoms with Crippen LogP contribution in [0.3, 0.4) is 0 Å². The molecule has 2 aromatic rings. The zero-order valence-corrected chi connectivity index (χ0v) is 13.7. The molecule has 0 radical (unpaired) electrons. The molecule has 1 N–H and O–H groups in total. The zero-order chi connectivity index (χ0) is 14.5. The van der Waals surface area contributed by atoms with Crippen molar-refractivity contribution < 1.29 is 4.74 Å². The van der Waals surface area contributed by atoms with Crippen molar-refractivity contribution in [2.75, 3.05) is 14.2 Å². The molecular formula is C15H16BrClN2O. The van der Waals surface area contributed by atoms with Gasteiger partial charge in [0.2, 0.25) is 0 Å². The summed E-state index contributed by atoms with van der Waals surface area (Å²) >= 11 is 9.45. The molecule has 0 spiro atoms. The lowest BCUT2D eigenvalue weighted by Crippen LogP contribution is -2.20. The highest BCUT2D eigenvalue weighted by atomic mass is 79.9. The molecule has 1 aromatic heterocycles. The van der Waals surface area contributed by atoms with Crippen LogP contribution >= 0.6 is 27.5 Å². The smallest absolute Gasteiger partial charge is 0.119 e. The third-order valence-electron chi connectivity index (χ3n) is 3.13. The fraction of sp³-hybridized carbons (Fsp3) is 0.267. The van der Waals surface area contributed by atoms with Crippen LogP contribution in [0, 0.1) is 0 Å². The summed E-state index contributed by atoms with van der Waals surface area (Å²) in [6.07, 6.45) is 2.48. The first-order valence-corrected chi connectivity index (χ1v) is 7.42. The summed E-state index contributed by atoms with van der Waals surface area (Å²) in [5, 5.41) is 3.93. The largest absolute Gasteiger partial charge is 0.497 e. The van der Waals surface area contributed by atoms with Crippen molar-refractivity contribution in [3.8, 4) is 5.75 Å². The number of likely N-dealkylation sites (N-methyl/N-ethyl adjacent to an activating group) is 1. The number of benzene rings is 1. The average molecular weight is 356 g/mol. The third kappa shape index (κ3) is 3.72. The standard InChI is InChI=1S/C15H16BrClN2O/c1-18-15(14-6-3-11(17)9-19-14)8-10-7-12(20-2)4-5-13(10)16/h3-7,9,15,18H,8H2,1-2H3. The van der Waals surface area contributed by atoms with Crippen LogP contribution in [-0.4, -0.2) is 19.1 Å². The van der Waals surface area contributed by atoms with Crippen LogP contribution in [-0.2, 0) is 6.42 Å². The van der Waals surface area contributed by atoms with E-state index in [0.717, 1.165) is 22.3 Å². The van der Waals surface area contributed by atoms with Crippen molar-refractivity contribution in [1.29, 1.82) is 0 Å². The monoisotopic (exact) mass is 354 g/mol. The Morgan fingerprint density at radius 3 is 2.75 bits per heavy atom. The first-order valence-electron chi connectivity index (χ1n) is 6.25. The predicted molar refractivity (Wildman–Crippen MR) is 85.4 cm³/mol. The van der Waals surface area contributed by atoms with Gasteiger partial charge in [0.1, 0.15) is 5.75 Å². The average Bonchev–Trinajstić information content (AvgIpc) is 2.47. The molecule has 1 heterocycles. The van der Waals surface area contributed by atoms with E-state index >= 15 is 0 Å². The number of aromatic nitrogens is 1. The van der Waals surface area contributed by atoms with Gasteiger partial charge in [-0.15, -0.1) is 0 Å². The number of halogens is 2. The molecule has 20 heavy (non-hydrogen) atoms. The quantitative estimate of drug-likeness (QED) is 0.880. The third-order valence-corrected chi connectivity index (χ3v) is 4.13. The number of methoxy groups -OCH3 is 1. The number of pyridine rings is 1. The molecule has 0 aliphatic carbocycles. The van der Waals surface area contributed by atoms with E-state index in [0.29, 0.717) is 5.02 Å². The second-order valence-corrected chi connectivity index (χ2v) is 5.69. The Hall–Kier alpha value is -1.10. The Labute approximate surface area is 132 Å². The van der Waals surface area contributed by atoms with E-state index in [1.807, 2.05) is 37.4 Å². The summed E-state index contributed by atoms with van der Waals surface area (Å²) < 4.78 is 6.33. The van der Waals surface area contributed by atoms with Crippen LogP contribution < -0.4 is 10.1 Å². The van der Waals surface area contributed by atoms with Gasteiger partial charge in [-0.2, -0.15) is 0 Å². The van der Waals surface area contributed by atoms with E-state index < -0.39 is 0 Å². The van der Waals surface area contributed by atoms with Gasteiger partial charge < -0.3 is 10.1 Å². The van der Waals surface area contributed by atoms with Crippen molar-refractivity contribution in [3.63, 3.8) is 0 Å². The van der Waals surface area contributed by atoms with Crippen LogP contribution in [0.5, 0.6) is 5.75 Å². The van der Waals surface area contributed by atoms with Crippen molar-refractivity contribution in [1.82, 2.24) is 10.3 Å². The van der Waals surface area contributed by atoms with E-state index in [2.05, 4.69) is 26.2 Å². The Morgan fingerprint density at radius 1 is 1.35 bits per heavy atom. The molecule has 0 amide bonds. The number of hydrogen-bond acceptors (Lipinski definition) is 3. The topological polar surface area (TPSA) is 34.1 Å². The molecule has 2 rings (SSSR count). The lowest BCUT2D eigenvalue weighted by Gasteiger charge is -2.17. The molecule has 1 atom stereocenters. The highest BCUT2D eigenvalue weighted by Crippen LogP contribution is 2.27. The fourth-order valence-electron chi connectivity index (χ4n) is 2.00. The number of nitrogens with zero attached hydrogens (tertiary/aromatic N) is 1. The molecule has 0 fully saturated rings. The zero-order valence-electron chi connectivity index (χ0n) is 11.4. The van der Waals surface area contributed by atoms with Gasteiger partial charge in [0, 0.05) is 10.7 Å². The molecule has 1 aromatic carbocycles. The van der Waals surface area contributed by atoms with Gasteiger partial charge in [-0.3, -0.25) is 4.98 Å². The highest BCUT2D eigenvalue weighted by molar-refractivity contribution is 9.10. The van der Waals surface area contributed by atoms with Crippen molar-refractivity contribution in [3.05, 3.63) is 57.3 Å². The number of rotatable bonds is 5. The van der Waals surface area contributed by atoms with E-state index in [1.165, 1.54) is 5.56 Å². The normalized spacial score (nSPS) is 12.2. The predicted octanol–water partition coefficient (Wildman–Crippen LogP) is 4.01. The van der Waals surface area contributed by atoms with E-state index in [9.17, 15) is 0 Å². The lowest BCUT2D eigenvalue weighted by molar-refractivity contribution is 0.413. The Morgan fingerprint density at radius 2 is 2.15 bits per heavy atom. The molecule has 0 saturated carbocycles. The molecular weight excluding hydrogens is 340 g/mol. The maximum atomic E-state index is 5.88. The summed E-state index contributed by atoms with van der Waals surface area (Å²) in [6.45, 7) is 0. The number of ether oxygens (including phenoxy) is 1. The van der Waals surface area contributed by atoms with Crippen LogP contribution in [0.2, 0.25) is 5.02 Å². The Bertz CT molecular complexity index is 575. The number of nitrogens with one attached hydrogen (secondary N) is 1. The molecule has 0 bridgehead atoms. The van der Waals surface area contributed by atoms with Gasteiger partial charge >= 0.3 is 0 Å². The molecule has 1 unspecified atom stereocenters. The second-order valence-electron chi connectivity index (χ2n) is 4.40. The summed E-state index contributed by atoms with van der Waals surface area (Å²) in [5.41, 5.74) is 2.13. The minimum Gasteiger partial charge on any atom is -0.497 e. The molecule has 3 nitrogen and oxygen atoms in total. The highest BCUT2D eigenvalue weighted by Gasteiger charge is 2.14. The first-order chi connectivity index (χ1) is 9.63. The van der Waals surface area contributed by atoms with Crippen LogP contribution in [0.1, 0.15) is 17.3 Å². The SMILES string of the molecule is CNC(Cc1cc(OC)ccc1Br)c1ccc(Cl)cn1. The maximum Gasteiger partial charge on any atom is 0.119 e. The van der Waals surface area contributed by atoms with Gasteiger partial charge in [-0.25, -0.2) is 0 Å².